The highest BCUT2D eigenvalue weighted by Crippen LogP contribution is 2.35. The molecule has 15 heavy (non-hydrogen) atoms. The van der Waals surface area contributed by atoms with E-state index < -0.39 is 0 Å². The molecule has 0 atom stereocenters. The molecule has 0 amide bonds. The van der Waals surface area contributed by atoms with Crippen molar-refractivity contribution >= 4 is 55.0 Å². The molecule has 1 aromatic rings. The lowest BCUT2D eigenvalue weighted by molar-refractivity contribution is 1.13. The van der Waals surface area contributed by atoms with Gasteiger partial charge >= 0.3 is 0 Å². The van der Waals surface area contributed by atoms with Crippen LogP contribution in [-0.4, -0.2) is 11.7 Å². The Morgan fingerprint density at radius 1 is 1.40 bits per heavy atom. The van der Waals surface area contributed by atoms with Gasteiger partial charge in [-0.1, -0.05) is 6.92 Å². The second kappa shape index (κ2) is 5.87. The van der Waals surface area contributed by atoms with Crippen LogP contribution < -0.4 is 5.73 Å². The van der Waals surface area contributed by atoms with Crippen LogP contribution in [0.1, 0.15) is 12.5 Å². The number of hydrogen-bond acceptors (Lipinski definition) is 1. The Hall–Kier alpha value is -0.0600. The Labute approximate surface area is 111 Å². The summed E-state index contributed by atoms with van der Waals surface area (Å²) in [5, 5.41) is 0. The molecule has 0 bridgehead atoms. The Morgan fingerprint density at radius 3 is 2.33 bits per heavy atom. The lowest BCUT2D eigenvalue weighted by Crippen LogP contribution is -2.12. The van der Waals surface area contributed by atoms with E-state index in [1.165, 1.54) is 5.56 Å². The molecule has 0 aliphatic carbocycles. The third-order valence-corrected chi connectivity index (χ3v) is 3.36. The molecule has 1 rings (SSSR count). The Kier molecular flexibility index (Phi) is 5.09. The molecule has 0 aliphatic heterocycles. The maximum absolute atomic E-state index is 5.59. The maximum Gasteiger partial charge on any atom is 0.115 e. The molecular weight excluding hydrogens is 343 g/mol. The zero-order valence-electron chi connectivity index (χ0n) is 8.23. The number of nitrogens with zero attached hydrogens (tertiary/aromatic N) is 1. The average molecular weight is 354 g/mol. The van der Waals surface area contributed by atoms with Crippen molar-refractivity contribution in [3.8, 4) is 0 Å². The summed E-state index contributed by atoms with van der Waals surface area (Å²) in [6, 6.07) is 4.07. The van der Waals surface area contributed by atoms with E-state index in [0.717, 1.165) is 21.1 Å². The second-order valence-corrected chi connectivity index (χ2v) is 4.97. The smallest absolute Gasteiger partial charge is 0.115 e. The number of nitrogens with two attached hydrogens (primary N) is 1. The van der Waals surface area contributed by atoms with Crippen LogP contribution in [0.5, 0.6) is 0 Å². The van der Waals surface area contributed by atoms with Crippen LogP contribution in [0.2, 0.25) is 0 Å². The first kappa shape index (κ1) is 13.0. The molecular formula is C10H11Br2ClN2. The van der Waals surface area contributed by atoms with Crippen LogP contribution in [0, 0.1) is 0 Å². The number of aliphatic imine (C=N–C) groups is 1. The van der Waals surface area contributed by atoms with Crippen LogP contribution >= 0.6 is 43.5 Å². The number of amidine groups is 1. The van der Waals surface area contributed by atoms with Crippen LogP contribution in [0.25, 0.3) is 0 Å². The number of hydrogen-bond donors (Lipinski definition) is 1. The summed E-state index contributed by atoms with van der Waals surface area (Å²) in [7, 11) is 0. The SMILES string of the molecule is CCc1cc(Br)c(N=C(N)CCl)c(Br)c1. The molecule has 0 radical (unpaired) electrons. The largest absolute Gasteiger partial charge is 0.386 e. The summed E-state index contributed by atoms with van der Waals surface area (Å²) in [6.07, 6.45) is 0.978. The molecule has 0 unspecified atom stereocenters. The van der Waals surface area contributed by atoms with Gasteiger partial charge in [0.05, 0.1) is 11.6 Å². The topological polar surface area (TPSA) is 38.4 Å². The fraction of sp³-hybridized carbons (Fsp3) is 0.300. The monoisotopic (exact) mass is 352 g/mol. The van der Waals surface area contributed by atoms with E-state index in [1.54, 1.807) is 0 Å². The van der Waals surface area contributed by atoms with Gasteiger partial charge in [-0.25, -0.2) is 4.99 Å². The van der Waals surface area contributed by atoms with Crippen LogP contribution in [0.15, 0.2) is 26.1 Å². The van der Waals surface area contributed by atoms with Crippen LogP contribution in [-0.2, 0) is 6.42 Å². The molecule has 82 valence electrons. The van der Waals surface area contributed by atoms with Gasteiger partial charge < -0.3 is 5.73 Å². The lowest BCUT2D eigenvalue weighted by Gasteiger charge is -2.06. The molecule has 0 saturated heterocycles. The number of aryl methyl sites for hydroxylation is 1. The Morgan fingerprint density at radius 2 is 1.93 bits per heavy atom. The average Bonchev–Trinajstić information content (AvgIpc) is 2.22. The molecule has 0 aromatic heterocycles. The van der Waals surface area contributed by atoms with Crippen molar-refractivity contribution in [3.63, 3.8) is 0 Å². The molecule has 0 heterocycles. The quantitative estimate of drug-likeness (QED) is 0.497. The zero-order valence-corrected chi connectivity index (χ0v) is 12.2. The van der Waals surface area contributed by atoms with Crippen molar-refractivity contribution in [1.82, 2.24) is 0 Å². The highest BCUT2D eigenvalue weighted by Gasteiger charge is 2.06. The minimum atomic E-state index is 0.231. The van der Waals surface area contributed by atoms with Gasteiger partial charge in [0.25, 0.3) is 0 Å². The van der Waals surface area contributed by atoms with Gasteiger partial charge in [0.2, 0.25) is 0 Å². The molecule has 5 heteroatoms. The zero-order chi connectivity index (χ0) is 11.4. The fourth-order valence-electron chi connectivity index (χ4n) is 1.10. The van der Waals surface area contributed by atoms with Gasteiger partial charge in [0.1, 0.15) is 5.84 Å². The first-order chi connectivity index (χ1) is 7.08. The van der Waals surface area contributed by atoms with Crippen molar-refractivity contribution in [2.24, 2.45) is 10.7 Å². The number of rotatable bonds is 3. The summed E-state index contributed by atoms with van der Waals surface area (Å²) in [6.45, 7) is 2.10. The van der Waals surface area contributed by atoms with Gasteiger partial charge in [-0.15, -0.1) is 11.6 Å². The number of benzene rings is 1. The highest BCUT2D eigenvalue weighted by molar-refractivity contribution is 9.11. The van der Waals surface area contributed by atoms with E-state index in [1.807, 2.05) is 12.1 Å². The van der Waals surface area contributed by atoms with E-state index in [4.69, 9.17) is 17.3 Å². The third-order valence-electron chi connectivity index (χ3n) is 1.88. The summed E-state index contributed by atoms with van der Waals surface area (Å²) in [5.41, 5.74) is 7.61. The predicted octanol–water partition coefficient (Wildman–Crippen LogP) is 4.00. The van der Waals surface area contributed by atoms with Crippen molar-refractivity contribution in [3.05, 3.63) is 26.6 Å². The first-order valence-electron chi connectivity index (χ1n) is 4.45. The maximum atomic E-state index is 5.59. The van der Waals surface area contributed by atoms with E-state index in [-0.39, 0.29) is 5.88 Å². The molecule has 2 nitrogen and oxygen atoms in total. The van der Waals surface area contributed by atoms with Crippen LogP contribution in [0.3, 0.4) is 0 Å². The van der Waals surface area contributed by atoms with Crippen molar-refractivity contribution in [1.29, 1.82) is 0 Å². The minimum absolute atomic E-state index is 0.231. The van der Waals surface area contributed by atoms with Crippen molar-refractivity contribution < 1.29 is 0 Å². The predicted molar refractivity (Wildman–Crippen MR) is 73.2 cm³/mol. The fourth-order valence-corrected chi connectivity index (χ4v) is 2.62. The van der Waals surface area contributed by atoms with E-state index in [2.05, 4.69) is 43.8 Å². The van der Waals surface area contributed by atoms with Crippen molar-refractivity contribution in [2.75, 3.05) is 5.88 Å². The van der Waals surface area contributed by atoms with Gasteiger partial charge in [-0.2, -0.15) is 0 Å². The first-order valence-corrected chi connectivity index (χ1v) is 6.57. The minimum Gasteiger partial charge on any atom is -0.386 e. The Balaban J connectivity index is 3.20. The van der Waals surface area contributed by atoms with Gasteiger partial charge in [-0.3, -0.25) is 0 Å². The molecule has 1 aromatic carbocycles. The summed E-state index contributed by atoms with van der Waals surface area (Å²) < 4.78 is 1.84. The summed E-state index contributed by atoms with van der Waals surface area (Å²) >= 11 is 12.5. The Bertz CT molecular complexity index is 368. The molecule has 0 spiro atoms. The van der Waals surface area contributed by atoms with Gasteiger partial charge in [0.15, 0.2) is 0 Å². The number of halogens is 3. The normalized spacial score (nSPS) is 11.9. The molecule has 0 fully saturated rings. The van der Waals surface area contributed by atoms with Crippen molar-refractivity contribution in [2.45, 2.75) is 13.3 Å². The standard InChI is InChI=1S/C10H11Br2ClN2/c1-2-6-3-7(11)10(8(12)4-6)15-9(14)5-13/h3-4H,2,5H2,1H3,(H2,14,15). The van der Waals surface area contributed by atoms with E-state index >= 15 is 0 Å². The highest BCUT2D eigenvalue weighted by atomic mass is 79.9. The number of alkyl halides is 1. The molecule has 2 N–H and O–H groups in total. The van der Waals surface area contributed by atoms with E-state index in [0.29, 0.717) is 5.84 Å². The van der Waals surface area contributed by atoms with E-state index in [9.17, 15) is 0 Å². The molecule has 0 aliphatic rings. The summed E-state index contributed by atoms with van der Waals surface area (Å²) in [5.74, 6) is 0.635. The summed E-state index contributed by atoms with van der Waals surface area (Å²) in [4.78, 5) is 4.22. The molecule has 0 saturated carbocycles. The van der Waals surface area contributed by atoms with Gasteiger partial charge in [-0.05, 0) is 56.0 Å². The lowest BCUT2D eigenvalue weighted by atomic mass is 10.1. The third kappa shape index (κ3) is 3.47. The van der Waals surface area contributed by atoms with Crippen LogP contribution in [0.4, 0.5) is 5.69 Å². The second-order valence-electron chi connectivity index (χ2n) is 3.00. The van der Waals surface area contributed by atoms with Gasteiger partial charge in [0, 0.05) is 8.95 Å².